The van der Waals surface area contributed by atoms with Gasteiger partial charge in [-0.25, -0.2) is 0 Å². The minimum Gasteiger partial charge on any atom is -0.507 e. The topological polar surface area (TPSA) is 40.5 Å². The quantitative estimate of drug-likeness (QED) is 0.852. The molecule has 1 aromatic rings. The van der Waals surface area contributed by atoms with Crippen LogP contribution in [0.25, 0.3) is 0 Å². The smallest absolute Gasteiger partial charge is 0.257 e. The summed E-state index contributed by atoms with van der Waals surface area (Å²) in [6.07, 6.45) is 0. The van der Waals surface area contributed by atoms with E-state index in [1.54, 1.807) is 23.1 Å². The van der Waals surface area contributed by atoms with E-state index >= 15 is 0 Å². The summed E-state index contributed by atoms with van der Waals surface area (Å²) in [4.78, 5) is 13.9. The molecule has 1 aromatic carbocycles. The Hall–Kier alpha value is -1.51. The normalized spacial score (nSPS) is 10.6. The zero-order chi connectivity index (χ0) is 12.3. The van der Waals surface area contributed by atoms with Crippen LogP contribution in [0, 0.1) is 6.92 Å². The van der Waals surface area contributed by atoms with Crippen molar-refractivity contribution < 1.29 is 9.90 Å². The van der Waals surface area contributed by atoms with Crippen molar-refractivity contribution in [2.24, 2.45) is 0 Å². The summed E-state index contributed by atoms with van der Waals surface area (Å²) >= 11 is 0. The summed E-state index contributed by atoms with van der Waals surface area (Å²) in [5, 5.41) is 9.68. The Kier molecular flexibility index (Phi) is 3.93. The molecule has 0 bridgehead atoms. The third-order valence-electron chi connectivity index (χ3n) is 2.61. The van der Waals surface area contributed by atoms with E-state index in [4.69, 9.17) is 0 Å². The number of carbonyl (C=O) groups excluding carboxylic acids is 1. The van der Waals surface area contributed by atoms with Crippen molar-refractivity contribution in [1.29, 1.82) is 0 Å². The highest BCUT2D eigenvalue weighted by Gasteiger charge is 2.19. The van der Waals surface area contributed by atoms with Gasteiger partial charge in [0.2, 0.25) is 0 Å². The predicted molar refractivity (Wildman–Crippen MR) is 64.7 cm³/mol. The number of benzene rings is 1. The van der Waals surface area contributed by atoms with Gasteiger partial charge in [0.25, 0.3) is 5.91 Å². The van der Waals surface area contributed by atoms with Crippen LogP contribution >= 0.6 is 0 Å². The summed E-state index contributed by atoms with van der Waals surface area (Å²) in [6, 6.07) is 5.22. The Labute approximate surface area is 96.7 Å². The lowest BCUT2D eigenvalue weighted by Crippen LogP contribution is -2.36. The molecule has 0 aliphatic heterocycles. The van der Waals surface area contributed by atoms with Crippen molar-refractivity contribution in [3.63, 3.8) is 0 Å². The van der Waals surface area contributed by atoms with Crippen LogP contribution in [0.5, 0.6) is 5.75 Å². The number of nitrogens with zero attached hydrogens (tertiary/aromatic N) is 1. The number of amides is 1. The highest BCUT2D eigenvalue weighted by molar-refractivity contribution is 5.97. The molecule has 0 saturated heterocycles. The summed E-state index contributed by atoms with van der Waals surface area (Å²) in [5.74, 6) is -0.0617. The average Bonchev–Trinajstić information content (AvgIpc) is 2.22. The van der Waals surface area contributed by atoms with E-state index in [1.807, 2.05) is 27.7 Å². The molecule has 0 heterocycles. The number of rotatable bonds is 3. The zero-order valence-electron chi connectivity index (χ0n) is 10.3. The first-order valence-electron chi connectivity index (χ1n) is 5.58. The van der Waals surface area contributed by atoms with Gasteiger partial charge in [0.05, 0.1) is 5.56 Å². The largest absolute Gasteiger partial charge is 0.507 e. The standard InChI is InChI=1S/C13H19NO2/c1-5-14(9(2)3)13(16)11-8-10(4)6-7-12(11)15/h6-9,15H,5H2,1-4H3. The molecule has 0 unspecified atom stereocenters. The Balaban J connectivity index is 3.08. The molecule has 0 fully saturated rings. The Morgan fingerprint density at radius 2 is 2.06 bits per heavy atom. The number of carbonyl (C=O) groups is 1. The molecule has 3 nitrogen and oxygen atoms in total. The summed E-state index contributed by atoms with van der Waals surface area (Å²) in [7, 11) is 0. The van der Waals surface area contributed by atoms with E-state index in [1.165, 1.54) is 0 Å². The van der Waals surface area contributed by atoms with Gasteiger partial charge in [-0.05, 0) is 39.8 Å². The van der Waals surface area contributed by atoms with Crippen LogP contribution < -0.4 is 0 Å². The molecule has 88 valence electrons. The molecule has 0 radical (unpaired) electrons. The lowest BCUT2D eigenvalue weighted by Gasteiger charge is -2.25. The molecule has 1 N–H and O–H groups in total. The first kappa shape index (κ1) is 12.6. The van der Waals surface area contributed by atoms with Crippen LogP contribution in [0.2, 0.25) is 0 Å². The number of hydrogen-bond acceptors (Lipinski definition) is 2. The van der Waals surface area contributed by atoms with E-state index in [0.29, 0.717) is 12.1 Å². The number of phenolic OH excluding ortho intramolecular Hbond substituents is 1. The molecule has 0 saturated carbocycles. The van der Waals surface area contributed by atoms with Gasteiger partial charge in [-0.1, -0.05) is 11.6 Å². The number of aryl methyl sites for hydroxylation is 1. The predicted octanol–water partition coefficient (Wildman–Crippen LogP) is 2.57. The molecule has 0 spiro atoms. The molecular formula is C13H19NO2. The minimum absolute atomic E-state index is 0.0506. The molecule has 1 amide bonds. The van der Waals surface area contributed by atoms with Gasteiger partial charge in [0.1, 0.15) is 5.75 Å². The maximum absolute atomic E-state index is 12.2. The van der Waals surface area contributed by atoms with Crippen molar-refractivity contribution in [3.8, 4) is 5.75 Å². The SMILES string of the molecule is CCN(C(=O)c1cc(C)ccc1O)C(C)C. The van der Waals surface area contributed by atoms with E-state index in [2.05, 4.69) is 0 Å². The van der Waals surface area contributed by atoms with Crippen molar-refractivity contribution in [3.05, 3.63) is 29.3 Å². The fourth-order valence-electron chi connectivity index (χ4n) is 1.72. The minimum atomic E-state index is -0.112. The van der Waals surface area contributed by atoms with Crippen molar-refractivity contribution in [1.82, 2.24) is 4.90 Å². The fourth-order valence-corrected chi connectivity index (χ4v) is 1.72. The van der Waals surface area contributed by atoms with Crippen molar-refractivity contribution in [2.75, 3.05) is 6.54 Å². The van der Waals surface area contributed by atoms with Crippen molar-refractivity contribution in [2.45, 2.75) is 33.7 Å². The first-order chi connectivity index (χ1) is 7.47. The van der Waals surface area contributed by atoms with Gasteiger partial charge < -0.3 is 10.0 Å². The van der Waals surface area contributed by atoms with Gasteiger partial charge in [-0.3, -0.25) is 4.79 Å². The van der Waals surface area contributed by atoms with Crippen LogP contribution in [0.4, 0.5) is 0 Å². The van der Waals surface area contributed by atoms with E-state index < -0.39 is 0 Å². The number of hydrogen-bond donors (Lipinski definition) is 1. The van der Waals surface area contributed by atoms with Crippen LogP contribution in [0.3, 0.4) is 0 Å². The summed E-state index contributed by atoms with van der Waals surface area (Å²) in [5.41, 5.74) is 1.36. The van der Waals surface area contributed by atoms with Crippen LogP contribution in [0.15, 0.2) is 18.2 Å². The van der Waals surface area contributed by atoms with E-state index in [0.717, 1.165) is 5.56 Å². The Morgan fingerprint density at radius 3 is 2.56 bits per heavy atom. The molecule has 0 aliphatic rings. The molecule has 0 aromatic heterocycles. The summed E-state index contributed by atoms with van der Waals surface area (Å²) < 4.78 is 0. The number of phenols is 1. The zero-order valence-corrected chi connectivity index (χ0v) is 10.3. The second kappa shape index (κ2) is 5.01. The van der Waals surface area contributed by atoms with Gasteiger partial charge in [-0.15, -0.1) is 0 Å². The first-order valence-corrected chi connectivity index (χ1v) is 5.58. The third kappa shape index (κ3) is 2.54. The monoisotopic (exact) mass is 221 g/mol. The Morgan fingerprint density at radius 1 is 1.44 bits per heavy atom. The molecule has 0 aliphatic carbocycles. The van der Waals surface area contributed by atoms with Crippen molar-refractivity contribution >= 4 is 5.91 Å². The number of aromatic hydroxyl groups is 1. The lowest BCUT2D eigenvalue weighted by atomic mass is 10.1. The molecule has 16 heavy (non-hydrogen) atoms. The second-order valence-corrected chi connectivity index (χ2v) is 4.21. The summed E-state index contributed by atoms with van der Waals surface area (Å²) in [6.45, 7) is 8.42. The second-order valence-electron chi connectivity index (χ2n) is 4.21. The van der Waals surface area contributed by atoms with Gasteiger partial charge in [-0.2, -0.15) is 0 Å². The molecular weight excluding hydrogens is 202 g/mol. The Bertz CT molecular complexity index is 386. The highest BCUT2D eigenvalue weighted by atomic mass is 16.3. The van der Waals surface area contributed by atoms with Gasteiger partial charge >= 0.3 is 0 Å². The van der Waals surface area contributed by atoms with E-state index in [-0.39, 0.29) is 17.7 Å². The van der Waals surface area contributed by atoms with E-state index in [9.17, 15) is 9.90 Å². The average molecular weight is 221 g/mol. The fraction of sp³-hybridized carbons (Fsp3) is 0.462. The maximum atomic E-state index is 12.2. The highest BCUT2D eigenvalue weighted by Crippen LogP contribution is 2.20. The van der Waals surface area contributed by atoms with Crippen LogP contribution in [-0.2, 0) is 0 Å². The third-order valence-corrected chi connectivity index (χ3v) is 2.61. The molecule has 0 atom stereocenters. The van der Waals surface area contributed by atoms with Gasteiger partial charge in [0, 0.05) is 12.6 Å². The van der Waals surface area contributed by atoms with Crippen LogP contribution in [0.1, 0.15) is 36.7 Å². The molecule has 1 rings (SSSR count). The maximum Gasteiger partial charge on any atom is 0.257 e. The van der Waals surface area contributed by atoms with Gasteiger partial charge in [0.15, 0.2) is 0 Å². The molecule has 3 heteroatoms. The lowest BCUT2D eigenvalue weighted by molar-refractivity contribution is 0.0714. The van der Waals surface area contributed by atoms with Crippen LogP contribution in [-0.4, -0.2) is 28.5 Å².